The van der Waals surface area contributed by atoms with Crippen molar-refractivity contribution in [2.75, 3.05) is 11.9 Å². The van der Waals surface area contributed by atoms with Crippen molar-refractivity contribution >= 4 is 28.5 Å². The zero-order valence-electron chi connectivity index (χ0n) is 11.8. The lowest BCUT2D eigenvalue weighted by atomic mass is 10.2. The normalized spacial score (nSPS) is 29.7. The summed E-state index contributed by atoms with van der Waals surface area (Å²) in [6.45, 7) is 2.87. The van der Waals surface area contributed by atoms with Gasteiger partial charge in [0.2, 0.25) is 0 Å². The van der Waals surface area contributed by atoms with E-state index >= 15 is 0 Å². The van der Waals surface area contributed by atoms with Crippen molar-refractivity contribution < 1.29 is 10.2 Å². The molecular formula is C14H19ClN4O2. The zero-order valence-corrected chi connectivity index (χ0v) is 12.5. The molecule has 0 saturated heterocycles. The summed E-state index contributed by atoms with van der Waals surface area (Å²) >= 11 is 5.81. The molecule has 114 valence electrons. The van der Waals surface area contributed by atoms with Gasteiger partial charge < -0.3 is 20.5 Å². The molecule has 2 aliphatic rings. The molecule has 2 heterocycles. The smallest absolute Gasteiger partial charge is 0.180 e. The predicted molar refractivity (Wildman–Crippen MR) is 81.3 cm³/mol. The van der Waals surface area contributed by atoms with E-state index in [1.165, 1.54) is 0 Å². The number of nitrogens with zero attached hydrogens (tertiary/aromatic N) is 2. The van der Waals surface area contributed by atoms with Gasteiger partial charge in [-0.2, -0.15) is 0 Å². The van der Waals surface area contributed by atoms with E-state index in [2.05, 4.69) is 20.3 Å². The van der Waals surface area contributed by atoms with Crippen LogP contribution in [-0.4, -0.2) is 43.9 Å². The van der Waals surface area contributed by atoms with E-state index in [-0.39, 0.29) is 6.10 Å². The van der Waals surface area contributed by atoms with Crippen molar-refractivity contribution in [2.45, 2.75) is 32.0 Å². The number of aromatic amines is 1. The molecule has 2 aromatic heterocycles. The topological polar surface area (TPSA) is 94.1 Å². The highest BCUT2D eigenvalue weighted by molar-refractivity contribution is 6.30. The third-order valence-electron chi connectivity index (χ3n) is 4.09. The average molecular weight is 311 g/mol. The Balaban J connectivity index is 0.000000140. The summed E-state index contributed by atoms with van der Waals surface area (Å²) in [4.78, 5) is 11.1. The van der Waals surface area contributed by atoms with Crippen LogP contribution < -0.4 is 5.32 Å². The molecule has 0 radical (unpaired) electrons. The highest BCUT2D eigenvalue weighted by Crippen LogP contribution is 2.51. The van der Waals surface area contributed by atoms with Crippen molar-refractivity contribution in [3.05, 3.63) is 17.5 Å². The summed E-state index contributed by atoms with van der Waals surface area (Å²) in [5.74, 6) is 1.13. The van der Waals surface area contributed by atoms with Gasteiger partial charge in [0, 0.05) is 12.6 Å². The second kappa shape index (κ2) is 5.79. The van der Waals surface area contributed by atoms with Gasteiger partial charge in [0.25, 0.3) is 0 Å². The molecule has 0 amide bonds. The van der Waals surface area contributed by atoms with E-state index in [1.807, 2.05) is 6.92 Å². The molecule has 0 aliphatic heterocycles. The Morgan fingerprint density at radius 1 is 1.43 bits per heavy atom. The number of aliphatic hydroxyl groups excluding tert-OH is 2. The number of hydrogen-bond acceptors (Lipinski definition) is 5. The summed E-state index contributed by atoms with van der Waals surface area (Å²) in [5.41, 5.74) is 2.48. The van der Waals surface area contributed by atoms with E-state index in [9.17, 15) is 0 Å². The molecular weight excluding hydrogens is 292 g/mol. The number of pyridine rings is 1. The number of aliphatic hydroxyl groups is 2. The molecule has 0 spiro atoms. The fraction of sp³-hybridized carbons (Fsp3) is 0.571. The van der Waals surface area contributed by atoms with E-state index in [1.54, 1.807) is 12.4 Å². The number of fused-ring (bicyclic) bond motifs is 2. The van der Waals surface area contributed by atoms with Gasteiger partial charge in [0.1, 0.15) is 10.7 Å². The lowest BCUT2D eigenvalue weighted by Crippen LogP contribution is -2.22. The first-order valence-corrected chi connectivity index (χ1v) is 7.57. The SMILES string of the molecule is CCNc1cc(Cl)nc2nc[nH]c12.OC1CC2CC2C1O. The van der Waals surface area contributed by atoms with Gasteiger partial charge in [-0.3, -0.25) is 0 Å². The van der Waals surface area contributed by atoms with Crippen molar-refractivity contribution in [3.63, 3.8) is 0 Å². The zero-order chi connectivity index (χ0) is 15.0. The first kappa shape index (κ1) is 14.6. The van der Waals surface area contributed by atoms with Gasteiger partial charge in [-0.15, -0.1) is 0 Å². The van der Waals surface area contributed by atoms with Crippen molar-refractivity contribution in [3.8, 4) is 0 Å². The third kappa shape index (κ3) is 2.97. The first-order valence-electron chi connectivity index (χ1n) is 7.19. The summed E-state index contributed by atoms with van der Waals surface area (Å²) in [7, 11) is 0. The number of halogens is 1. The van der Waals surface area contributed by atoms with E-state index in [0.717, 1.165) is 30.6 Å². The van der Waals surface area contributed by atoms with Crippen LogP contribution in [0.2, 0.25) is 5.15 Å². The minimum absolute atomic E-state index is 0.389. The van der Waals surface area contributed by atoms with Gasteiger partial charge >= 0.3 is 0 Å². The highest BCUT2D eigenvalue weighted by atomic mass is 35.5. The summed E-state index contributed by atoms with van der Waals surface area (Å²) < 4.78 is 0. The number of imidazole rings is 1. The molecule has 6 nitrogen and oxygen atoms in total. The van der Waals surface area contributed by atoms with Gasteiger partial charge in [-0.25, -0.2) is 9.97 Å². The van der Waals surface area contributed by atoms with Crippen LogP contribution in [0.25, 0.3) is 11.2 Å². The number of aromatic nitrogens is 3. The van der Waals surface area contributed by atoms with Crippen molar-refractivity contribution in [2.24, 2.45) is 11.8 Å². The molecule has 0 aromatic carbocycles. The van der Waals surface area contributed by atoms with Crippen LogP contribution in [0.4, 0.5) is 5.69 Å². The van der Waals surface area contributed by atoms with Crippen LogP contribution in [-0.2, 0) is 0 Å². The van der Waals surface area contributed by atoms with Gasteiger partial charge in [-0.05, 0) is 31.6 Å². The van der Waals surface area contributed by atoms with Gasteiger partial charge in [0.15, 0.2) is 5.65 Å². The molecule has 0 bridgehead atoms. The molecule has 2 fully saturated rings. The summed E-state index contributed by atoms with van der Waals surface area (Å²) in [5, 5.41) is 21.6. The van der Waals surface area contributed by atoms with E-state index in [0.29, 0.717) is 22.6 Å². The van der Waals surface area contributed by atoms with Crippen LogP contribution in [0.15, 0.2) is 12.4 Å². The highest BCUT2D eigenvalue weighted by Gasteiger charge is 2.52. The number of rotatable bonds is 2. The number of anilines is 1. The van der Waals surface area contributed by atoms with E-state index < -0.39 is 6.10 Å². The maximum absolute atomic E-state index is 9.06. The summed E-state index contributed by atoms with van der Waals surface area (Å²) in [6, 6.07) is 1.78. The monoisotopic (exact) mass is 310 g/mol. The van der Waals surface area contributed by atoms with Crippen LogP contribution in [0.3, 0.4) is 0 Å². The molecule has 4 rings (SSSR count). The lowest BCUT2D eigenvalue weighted by molar-refractivity contribution is 0.0252. The number of nitrogens with one attached hydrogen (secondary N) is 2. The van der Waals surface area contributed by atoms with Crippen LogP contribution in [0.5, 0.6) is 0 Å². The molecule has 2 aromatic rings. The molecule has 4 N–H and O–H groups in total. The Hall–Kier alpha value is -1.37. The Morgan fingerprint density at radius 2 is 2.24 bits per heavy atom. The second-order valence-electron chi connectivity index (χ2n) is 5.58. The maximum atomic E-state index is 9.06. The molecule has 7 heteroatoms. The van der Waals surface area contributed by atoms with Gasteiger partial charge in [0.05, 0.1) is 24.2 Å². The Morgan fingerprint density at radius 3 is 2.81 bits per heavy atom. The number of H-pyrrole nitrogens is 1. The molecule has 2 saturated carbocycles. The van der Waals surface area contributed by atoms with Crippen LogP contribution in [0.1, 0.15) is 19.8 Å². The fourth-order valence-corrected chi connectivity index (χ4v) is 3.11. The van der Waals surface area contributed by atoms with Crippen LogP contribution >= 0.6 is 11.6 Å². The Bertz CT molecular complexity index is 630. The Kier molecular flexibility index (Phi) is 4.01. The van der Waals surface area contributed by atoms with Crippen molar-refractivity contribution in [1.82, 2.24) is 15.0 Å². The first-order chi connectivity index (χ1) is 10.1. The molecule has 2 aliphatic carbocycles. The third-order valence-corrected chi connectivity index (χ3v) is 4.28. The minimum Gasteiger partial charge on any atom is -0.390 e. The maximum Gasteiger partial charge on any atom is 0.180 e. The predicted octanol–water partition coefficient (Wildman–Crippen LogP) is 1.79. The Labute approximate surface area is 127 Å². The van der Waals surface area contributed by atoms with Gasteiger partial charge in [-0.1, -0.05) is 11.6 Å². The lowest BCUT2D eigenvalue weighted by Gasteiger charge is -2.08. The fourth-order valence-electron chi connectivity index (χ4n) is 2.92. The van der Waals surface area contributed by atoms with Crippen LogP contribution in [0, 0.1) is 11.8 Å². The second-order valence-corrected chi connectivity index (χ2v) is 5.96. The minimum atomic E-state index is -0.404. The standard InChI is InChI=1S/C8H9ClN4.C6H10O2/c1-2-10-5-3-6(9)13-8-7(5)11-4-12-8;7-5-2-3-1-4(3)6(5)8/h3-4H,2H2,1H3,(H2,10,11,12,13);3-8H,1-2H2. The average Bonchev–Trinajstić information content (AvgIpc) is 2.93. The quantitative estimate of drug-likeness (QED) is 0.635. The van der Waals surface area contributed by atoms with Crippen molar-refractivity contribution in [1.29, 1.82) is 0 Å². The molecule has 21 heavy (non-hydrogen) atoms. The number of hydrogen-bond donors (Lipinski definition) is 4. The largest absolute Gasteiger partial charge is 0.390 e. The molecule has 4 unspecified atom stereocenters. The van der Waals surface area contributed by atoms with E-state index in [4.69, 9.17) is 21.8 Å². The molecule has 4 atom stereocenters. The summed E-state index contributed by atoms with van der Waals surface area (Å²) in [6.07, 6.45) is 2.80.